The molecule has 2 amide bonds. The van der Waals surface area contributed by atoms with Crippen molar-refractivity contribution in [1.82, 2.24) is 30.2 Å². The summed E-state index contributed by atoms with van der Waals surface area (Å²) >= 11 is 0. The standard InChI is InChI=1S/C28H36N6O4/c35-27(19-3-4-23-25(9-19)31-32-30-23)33-12-21-14-34(15-22(21)13-33)28(36)20-10-24(18-1-2-18)29-26(11-20)38-16-17-5-7-37-8-6-17/h10-11,17-19,21-22H,1-9,12-16H2,(H,30,31,32). The zero-order valence-electron chi connectivity index (χ0n) is 21.8. The van der Waals surface area contributed by atoms with Gasteiger partial charge < -0.3 is 19.3 Å². The number of aromatic amines is 1. The lowest BCUT2D eigenvalue weighted by Crippen LogP contribution is -2.40. The SMILES string of the molecule is O=C(c1cc(OCC2CCOCC2)nc(C2CC2)c1)N1CC2CN(C(=O)C3CCc4[nH]nnc4C3)CC2C1. The lowest BCUT2D eigenvalue weighted by atomic mass is 9.89. The van der Waals surface area contributed by atoms with Gasteiger partial charge in [0.25, 0.3) is 5.91 Å². The lowest BCUT2D eigenvalue weighted by molar-refractivity contribution is -0.135. The molecule has 0 spiro atoms. The van der Waals surface area contributed by atoms with E-state index in [1.54, 1.807) is 0 Å². The van der Waals surface area contributed by atoms with Gasteiger partial charge >= 0.3 is 0 Å². The number of aromatic nitrogens is 4. The quantitative estimate of drug-likeness (QED) is 0.621. The van der Waals surface area contributed by atoms with E-state index < -0.39 is 0 Å². The third-order valence-corrected chi connectivity index (χ3v) is 9.19. The normalized spacial score (nSPS) is 27.3. The van der Waals surface area contributed by atoms with Crippen molar-refractivity contribution in [3.05, 3.63) is 34.8 Å². The Morgan fingerprint density at radius 2 is 1.76 bits per heavy atom. The van der Waals surface area contributed by atoms with Crippen LogP contribution in [0.4, 0.5) is 0 Å². The maximum Gasteiger partial charge on any atom is 0.254 e. The second-order valence-corrected chi connectivity index (χ2v) is 11.9. The third-order valence-electron chi connectivity index (χ3n) is 9.19. The second kappa shape index (κ2) is 9.94. The number of likely N-dealkylation sites (tertiary alicyclic amines) is 2. The summed E-state index contributed by atoms with van der Waals surface area (Å²) in [5.74, 6) is 2.45. The number of H-pyrrole nitrogens is 1. The average Bonchev–Trinajstić information content (AvgIpc) is 3.37. The number of nitrogens with one attached hydrogen (secondary N) is 1. The number of fused-ring (bicyclic) bond motifs is 2. The van der Waals surface area contributed by atoms with Crippen molar-refractivity contribution in [1.29, 1.82) is 0 Å². The van der Waals surface area contributed by atoms with E-state index in [1.807, 2.05) is 21.9 Å². The molecule has 5 aliphatic rings. The highest BCUT2D eigenvalue weighted by Crippen LogP contribution is 2.40. The molecule has 7 rings (SSSR count). The highest BCUT2D eigenvalue weighted by molar-refractivity contribution is 5.95. The number of carbonyl (C=O) groups excluding carboxylic acids is 2. The second-order valence-electron chi connectivity index (χ2n) is 11.9. The van der Waals surface area contributed by atoms with E-state index in [-0.39, 0.29) is 17.7 Å². The Morgan fingerprint density at radius 1 is 1.00 bits per heavy atom. The number of aryl methyl sites for hydroxylation is 1. The number of amides is 2. The van der Waals surface area contributed by atoms with Crippen LogP contribution in [0, 0.1) is 23.7 Å². The Kier molecular flexibility index (Phi) is 6.30. The molecule has 10 heteroatoms. The summed E-state index contributed by atoms with van der Waals surface area (Å²) in [7, 11) is 0. The van der Waals surface area contributed by atoms with Crippen LogP contribution >= 0.6 is 0 Å². The zero-order chi connectivity index (χ0) is 25.6. The number of hydrogen-bond acceptors (Lipinski definition) is 7. The molecule has 0 aromatic carbocycles. The summed E-state index contributed by atoms with van der Waals surface area (Å²) in [5, 5.41) is 11.0. The molecule has 3 saturated heterocycles. The Hall–Kier alpha value is -3.01. The van der Waals surface area contributed by atoms with Gasteiger partial charge in [-0.25, -0.2) is 4.98 Å². The van der Waals surface area contributed by atoms with Crippen molar-refractivity contribution in [2.45, 2.75) is 50.9 Å². The van der Waals surface area contributed by atoms with Gasteiger partial charge in [-0.15, -0.1) is 5.10 Å². The van der Waals surface area contributed by atoms with Gasteiger partial charge in [0, 0.05) is 86.8 Å². The van der Waals surface area contributed by atoms with Crippen molar-refractivity contribution in [2.75, 3.05) is 46.0 Å². The molecule has 2 aliphatic carbocycles. The molecule has 0 radical (unpaired) electrons. The molecule has 5 heterocycles. The van der Waals surface area contributed by atoms with Crippen LogP contribution in [-0.4, -0.2) is 88.0 Å². The van der Waals surface area contributed by atoms with Gasteiger partial charge in [0.2, 0.25) is 11.8 Å². The van der Waals surface area contributed by atoms with Gasteiger partial charge in [0.1, 0.15) is 0 Å². The fourth-order valence-corrected chi connectivity index (χ4v) is 6.71. The van der Waals surface area contributed by atoms with Crippen LogP contribution in [0.1, 0.15) is 65.5 Å². The zero-order valence-corrected chi connectivity index (χ0v) is 21.8. The number of rotatable bonds is 6. The van der Waals surface area contributed by atoms with Gasteiger partial charge in [-0.3, -0.25) is 14.7 Å². The first-order valence-corrected chi connectivity index (χ1v) is 14.3. The van der Waals surface area contributed by atoms with E-state index in [4.69, 9.17) is 14.5 Å². The van der Waals surface area contributed by atoms with Crippen LogP contribution in [0.3, 0.4) is 0 Å². The van der Waals surface area contributed by atoms with Crippen LogP contribution in [0.15, 0.2) is 12.1 Å². The smallest absolute Gasteiger partial charge is 0.254 e. The molecule has 2 aromatic rings. The monoisotopic (exact) mass is 520 g/mol. The molecule has 3 atom stereocenters. The van der Waals surface area contributed by atoms with E-state index in [9.17, 15) is 9.59 Å². The molecule has 1 N–H and O–H groups in total. The van der Waals surface area contributed by atoms with Crippen LogP contribution in [0.25, 0.3) is 0 Å². The van der Waals surface area contributed by atoms with Crippen molar-refractivity contribution in [2.24, 2.45) is 23.7 Å². The van der Waals surface area contributed by atoms with Crippen molar-refractivity contribution in [3.63, 3.8) is 0 Å². The molecular weight excluding hydrogens is 484 g/mol. The molecule has 10 nitrogen and oxygen atoms in total. The molecule has 2 aromatic heterocycles. The Balaban J connectivity index is 0.980. The number of pyridine rings is 1. The minimum absolute atomic E-state index is 0.0126. The summed E-state index contributed by atoms with van der Waals surface area (Å²) in [5.41, 5.74) is 3.67. The largest absolute Gasteiger partial charge is 0.477 e. The average molecular weight is 521 g/mol. The summed E-state index contributed by atoms with van der Waals surface area (Å²) < 4.78 is 11.6. The fourth-order valence-electron chi connectivity index (χ4n) is 6.71. The van der Waals surface area contributed by atoms with Crippen LogP contribution in [-0.2, 0) is 22.4 Å². The van der Waals surface area contributed by atoms with Gasteiger partial charge in [0.15, 0.2) is 0 Å². The van der Waals surface area contributed by atoms with Crippen LogP contribution < -0.4 is 4.74 Å². The molecule has 202 valence electrons. The Labute approximate surface area is 222 Å². The maximum atomic E-state index is 13.6. The first-order valence-electron chi connectivity index (χ1n) is 14.3. The lowest BCUT2D eigenvalue weighted by Gasteiger charge is -2.27. The minimum Gasteiger partial charge on any atom is -0.477 e. The summed E-state index contributed by atoms with van der Waals surface area (Å²) in [6.45, 7) is 5.06. The topological polar surface area (TPSA) is 114 Å². The number of nitrogens with zero attached hydrogens (tertiary/aromatic N) is 5. The third kappa shape index (κ3) is 4.79. The van der Waals surface area contributed by atoms with Gasteiger partial charge in [-0.05, 0) is 50.5 Å². The van der Waals surface area contributed by atoms with E-state index in [2.05, 4.69) is 15.4 Å². The summed E-state index contributed by atoms with van der Waals surface area (Å²) in [6, 6.07) is 3.81. The molecule has 3 unspecified atom stereocenters. The predicted molar refractivity (Wildman–Crippen MR) is 137 cm³/mol. The molecule has 3 aliphatic heterocycles. The molecule has 1 saturated carbocycles. The molecule has 4 fully saturated rings. The van der Waals surface area contributed by atoms with E-state index in [0.717, 1.165) is 81.9 Å². The highest BCUT2D eigenvalue weighted by atomic mass is 16.5. The highest BCUT2D eigenvalue weighted by Gasteiger charge is 2.44. The van der Waals surface area contributed by atoms with E-state index in [1.165, 1.54) is 0 Å². The van der Waals surface area contributed by atoms with Crippen LogP contribution in [0.5, 0.6) is 5.88 Å². The number of carbonyl (C=O) groups is 2. The summed E-state index contributed by atoms with van der Waals surface area (Å²) in [6.07, 6.45) is 6.61. The van der Waals surface area contributed by atoms with E-state index in [0.29, 0.717) is 61.2 Å². The first kappa shape index (κ1) is 24.1. The van der Waals surface area contributed by atoms with Crippen LogP contribution in [0.2, 0.25) is 0 Å². The molecular formula is C28H36N6O4. The van der Waals surface area contributed by atoms with E-state index >= 15 is 0 Å². The number of ether oxygens (including phenoxy) is 2. The van der Waals surface area contributed by atoms with Crippen molar-refractivity contribution in [3.8, 4) is 5.88 Å². The summed E-state index contributed by atoms with van der Waals surface area (Å²) in [4.78, 5) is 35.7. The Morgan fingerprint density at radius 3 is 2.53 bits per heavy atom. The first-order chi connectivity index (χ1) is 18.6. The van der Waals surface area contributed by atoms with Crippen molar-refractivity contribution >= 4 is 11.8 Å². The van der Waals surface area contributed by atoms with Gasteiger partial charge in [-0.2, -0.15) is 0 Å². The van der Waals surface area contributed by atoms with Crippen molar-refractivity contribution < 1.29 is 19.1 Å². The fraction of sp³-hybridized carbons (Fsp3) is 0.679. The maximum absolute atomic E-state index is 13.6. The molecule has 38 heavy (non-hydrogen) atoms. The number of hydrogen-bond donors (Lipinski definition) is 1. The predicted octanol–water partition coefficient (Wildman–Crippen LogP) is 2.22. The minimum atomic E-state index is -0.0126. The van der Waals surface area contributed by atoms with Gasteiger partial charge in [-0.1, -0.05) is 5.21 Å². The van der Waals surface area contributed by atoms with Gasteiger partial charge in [0.05, 0.1) is 18.0 Å². The Bertz CT molecular complexity index is 1190. The molecule has 0 bridgehead atoms.